The third kappa shape index (κ3) is 3.89. The Morgan fingerprint density at radius 1 is 1.03 bits per heavy atom. The van der Waals surface area contributed by atoms with Gasteiger partial charge in [0, 0.05) is 24.0 Å². The summed E-state index contributed by atoms with van der Waals surface area (Å²) >= 11 is 0. The average Bonchev–Trinajstić information content (AvgIpc) is 3.32. The first-order valence-electron chi connectivity index (χ1n) is 11.0. The molecule has 3 heterocycles. The summed E-state index contributed by atoms with van der Waals surface area (Å²) in [4.78, 5) is 0. The molecule has 3 N–H and O–H groups in total. The number of fused-ring (bicyclic) bond motifs is 2. The molecule has 33 heavy (non-hydrogen) atoms. The third-order valence-electron chi connectivity index (χ3n) is 6.38. The molecule has 5 atom stereocenters. The number of ether oxygens (including phenoxy) is 5. The first-order chi connectivity index (χ1) is 16.0. The largest absolute Gasteiger partial charge is 0.496 e. The van der Waals surface area contributed by atoms with Crippen molar-refractivity contribution in [1.82, 2.24) is 0 Å². The van der Waals surface area contributed by atoms with E-state index in [0.29, 0.717) is 61.2 Å². The second kappa shape index (κ2) is 8.98. The van der Waals surface area contributed by atoms with Crippen LogP contribution in [-0.4, -0.2) is 73.3 Å². The lowest BCUT2D eigenvalue weighted by atomic mass is 9.88. The van der Waals surface area contributed by atoms with Gasteiger partial charge >= 0.3 is 0 Å². The smallest absolute Gasteiger partial charge is 0.161 e. The second-order valence-corrected chi connectivity index (χ2v) is 8.42. The van der Waals surface area contributed by atoms with Gasteiger partial charge in [0.05, 0.1) is 20.3 Å². The first-order valence-corrected chi connectivity index (χ1v) is 11.0. The molecule has 0 aliphatic carbocycles. The lowest BCUT2D eigenvalue weighted by molar-refractivity contribution is -0.214. The van der Waals surface area contributed by atoms with Crippen molar-refractivity contribution >= 4 is 0 Å². The molecule has 0 spiro atoms. The van der Waals surface area contributed by atoms with Gasteiger partial charge in [-0.3, -0.25) is 0 Å². The maximum Gasteiger partial charge on any atom is 0.161 e. The fourth-order valence-electron chi connectivity index (χ4n) is 4.79. The molecule has 5 rings (SSSR count). The molecular weight excluding hydrogens is 435 g/mol. The summed E-state index contributed by atoms with van der Waals surface area (Å²) in [5.74, 6) is 2.55. The van der Waals surface area contributed by atoms with Crippen molar-refractivity contribution in [3.8, 4) is 23.0 Å². The van der Waals surface area contributed by atoms with Crippen molar-refractivity contribution in [1.29, 1.82) is 0 Å². The van der Waals surface area contributed by atoms with Gasteiger partial charge in [0.15, 0.2) is 17.7 Å². The van der Waals surface area contributed by atoms with Crippen LogP contribution in [0.25, 0.3) is 0 Å². The molecule has 3 aliphatic rings. The topological polar surface area (TPSA) is 107 Å². The minimum absolute atomic E-state index is 0.423. The molecule has 8 nitrogen and oxygen atoms in total. The molecule has 1 saturated heterocycles. The van der Waals surface area contributed by atoms with Crippen LogP contribution >= 0.6 is 0 Å². The van der Waals surface area contributed by atoms with Gasteiger partial charge in [0.25, 0.3) is 0 Å². The lowest BCUT2D eigenvalue weighted by Crippen LogP contribution is -2.53. The predicted octanol–water partition coefficient (Wildman–Crippen LogP) is 1.48. The zero-order chi connectivity index (χ0) is 23.1. The highest BCUT2D eigenvalue weighted by molar-refractivity contribution is 5.59. The predicted molar refractivity (Wildman–Crippen MR) is 114 cm³/mol. The Morgan fingerprint density at radius 3 is 2.58 bits per heavy atom. The van der Waals surface area contributed by atoms with Crippen LogP contribution in [-0.2, 0) is 17.6 Å². The number of hydrogen-bond donors (Lipinski definition) is 3. The van der Waals surface area contributed by atoms with Gasteiger partial charge in [-0.15, -0.1) is 0 Å². The van der Waals surface area contributed by atoms with Crippen LogP contribution in [0.2, 0.25) is 0 Å². The Kier molecular flexibility index (Phi) is 6.05. The molecule has 0 radical (unpaired) electrons. The van der Waals surface area contributed by atoms with Gasteiger partial charge < -0.3 is 39.0 Å². The summed E-state index contributed by atoms with van der Waals surface area (Å²) in [6.07, 6.45) is -6.35. The van der Waals surface area contributed by atoms with Gasteiger partial charge in [-0.25, -0.2) is 4.39 Å². The monoisotopic (exact) mass is 462 g/mol. The summed E-state index contributed by atoms with van der Waals surface area (Å²) in [5.41, 5.74) is 3.11. The number of benzene rings is 2. The van der Waals surface area contributed by atoms with Crippen LogP contribution in [0, 0.1) is 0 Å². The number of halogens is 1. The first kappa shape index (κ1) is 22.2. The van der Waals surface area contributed by atoms with Gasteiger partial charge in [-0.2, -0.15) is 0 Å². The number of hydrogen-bond acceptors (Lipinski definition) is 8. The summed E-state index contributed by atoms with van der Waals surface area (Å²) in [6, 6.07) is 7.53. The van der Waals surface area contributed by atoms with Crippen molar-refractivity contribution in [2.45, 2.75) is 43.4 Å². The lowest BCUT2D eigenvalue weighted by Gasteiger charge is -2.39. The Morgan fingerprint density at radius 2 is 1.82 bits per heavy atom. The zero-order valence-corrected chi connectivity index (χ0v) is 18.2. The Balaban J connectivity index is 1.55. The van der Waals surface area contributed by atoms with Crippen LogP contribution in [0.4, 0.5) is 4.39 Å². The Hall–Kier alpha value is -2.59. The normalized spacial score (nSPS) is 28.2. The molecule has 2 aromatic carbocycles. The Labute approximate surface area is 190 Å². The fourth-order valence-corrected chi connectivity index (χ4v) is 4.79. The number of methoxy groups -OCH3 is 1. The van der Waals surface area contributed by atoms with Crippen molar-refractivity contribution in [3.05, 3.63) is 46.5 Å². The highest BCUT2D eigenvalue weighted by Gasteiger charge is 2.47. The van der Waals surface area contributed by atoms with E-state index in [1.54, 1.807) is 13.2 Å². The van der Waals surface area contributed by atoms with Crippen LogP contribution in [0.15, 0.2) is 24.3 Å². The molecule has 178 valence electrons. The minimum Gasteiger partial charge on any atom is -0.496 e. The Bertz CT molecular complexity index is 1030. The van der Waals surface area contributed by atoms with Gasteiger partial charge in [0.2, 0.25) is 0 Å². The number of aliphatic hydroxyl groups is 3. The van der Waals surface area contributed by atoms with Gasteiger partial charge in [-0.05, 0) is 29.3 Å². The average molecular weight is 462 g/mol. The van der Waals surface area contributed by atoms with Crippen molar-refractivity contribution < 1.29 is 43.4 Å². The van der Waals surface area contributed by atoms with Crippen LogP contribution in [0.5, 0.6) is 23.0 Å². The molecule has 0 aromatic heterocycles. The number of alkyl halides is 1. The van der Waals surface area contributed by atoms with Gasteiger partial charge in [-0.1, -0.05) is 6.07 Å². The van der Waals surface area contributed by atoms with E-state index in [1.165, 1.54) is 0 Å². The highest BCUT2D eigenvalue weighted by Crippen LogP contribution is 2.46. The van der Waals surface area contributed by atoms with E-state index >= 15 is 0 Å². The second-order valence-electron chi connectivity index (χ2n) is 8.42. The fraction of sp³-hybridized carbons (Fsp3) is 0.500. The summed E-state index contributed by atoms with van der Waals surface area (Å²) in [7, 11) is 1.59. The van der Waals surface area contributed by atoms with E-state index in [4.69, 9.17) is 23.7 Å². The standard InChI is InChI=1S/C24H27FO8/c1-29-22-13(8-12-2-3-16-17(9-12)31-7-6-30-16)10-15(23-14(22)4-5-32-23)24-21(28)20(27)19(25)18(11-26)33-24/h2-3,9-10,18-21,24,26-28H,4-8,11H2,1H3/t18-,19-,20+,21-,24+/m1/s1. The number of aliphatic hydroxyl groups excluding tert-OH is 3. The molecule has 2 aromatic rings. The molecule has 0 unspecified atom stereocenters. The van der Waals surface area contributed by atoms with E-state index in [0.717, 1.165) is 16.7 Å². The van der Waals surface area contributed by atoms with Crippen LogP contribution in [0.1, 0.15) is 28.4 Å². The SMILES string of the molecule is COc1c(Cc2ccc3c(c2)OCCO3)cc([C@@H]2O[C@H](CO)[C@@H](F)[C@H](O)[C@H]2O)c2c1CCO2. The van der Waals surface area contributed by atoms with Crippen molar-refractivity contribution in [2.75, 3.05) is 33.5 Å². The van der Waals surface area contributed by atoms with E-state index < -0.39 is 37.2 Å². The summed E-state index contributed by atoms with van der Waals surface area (Å²) < 4.78 is 42.9. The van der Waals surface area contributed by atoms with Crippen molar-refractivity contribution in [2.24, 2.45) is 0 Å². The van der Waals surface area contributed by atoms with Crippen LogP contribution < -0.4 is 18.9 Å². The molecule has 1 fully saturated rings. The quantitative estimate of drug-likeness (QED) is 0.614. The van der Waals surface area contributed by atoms with Crippen molar-refractivity contribution in [3.63, 3.8) is 0 Å². The summed E-state index contributed by atoms with van der Waals surface area (Å²) in [6.45, 7) is 0.802. The van der Waals surface area contributed by atoms with E-state index in [9.17, 15) is 19.7 Å². The molecule has 0 saturated carbocycles. The minimum atomic E-state index is -1.90. The van der Waals surface area contributed by atoms with Crippen LogP contribution in [0.3, 0.4) is 0 Å². The molecule has 3 aliphatic heterocycles. The summed E-state index contributed by atoms with van der Waals surface area (Å²) in [5, 5.41) is 30.4. The van der Waals surface area contributed by atoms with E-state index in [-0.39, 0.29) is 0 Å². The van der Waals surface area contributed by atoms with E-state index in [1.807, 2.05) is 18.2 Å². The molecule has 0 amide bonds. The zero-order valence-electron chi connectivity index (χ0n) is 18.2. The maximum absolute atomic E-state index is 14.3. The third-order valence-corrected chi connectivity index (χ3v) is 6.38. The van der Waals surface area contributed by atoms with Gasteiger partial charge in [0.1, 0.15) is 49.1 Å². The highest BCUT2D eigenvalue weighted by atomic mass is 19.1. The maximum atomic E-state index is 14.3. The molecule has 9 heteroatoms. The van der Waals surface area contributed by atoms with E-state index in [2.05, 4.69) is 0 Å². The molecular formula is C24H27FO8. The molecule has 0 bridgehead atoms. The number of rotatable bonds is 5.